The molecule has 13 heteroatoms. The Labute approximate surface area is 316 Å². The van der Waals surface area contributed by atoms with E-state index in [0.717, 1.165) is 21.7 Å². The lowest BCUT2D eigenvalue weighted by Crippen LogP contribution is -2.17. The fourth-order valence-corrected chi connectivity index (χ4v) is 6.90. The summed E-state index contributed by atoms with van der Waals surface area (Å²) < 4.78 is 42.9. The quantitative estimate of drug-likeness (QED) is 0.115. The molecule has 7 aromatic rings. The summed E-state index contributed by atoms with van der Waals surface area (Å²) in [6.45, 7) is 0.775. The second-order valence-electron chi connectivity index (χ2n) is 13.1. The van der Waals surface area contributed by atoms with Gasteiger partial charge in [0.15, 0.2) is 0 Å². The third-order valence-electron chi connectivity index (χ3n) is 9.34. The van der Waals surface area contributed by atoms with Crippen molar-refractivity contribution in [2.24, 2.45) is 0 Å². The minimum Gasteiger partial charge on any atom is -0.497 e. The zero-order chi connectivity index (χ0) is 38.8. The molecule has 0 saturated heterocycles. The van der Waals surface area contributed by atoms with Gasteiger partial charge >= 0.3 is 12.2 Å². The maximum atomic E-state index is 13.5. The molecule has 0 aliphatic rings. The smallest absolute Gasteiger partial charge is 0.419 e. The van der Waals surface area contributed by atoms with Crippen molar-refractivity contribution in [2.45, 2.75) is 13.2 Å². The number of nitrogens with zero attached hydrogens (tertiary/aromatic N) is 3. The Morgan fingerprint density at radius 3 is 1.62 bits per heavy atom. The summed E-state index contributed by atoms with van der Waals surface area (Å²) in [4.78, 5) is 28.0. The average molecular weight is 748 g/mol. The molecule has 2 heterocycles. The van der Waals surface area contributed by atoms with Gasteiger partial charge in [-0.15, -0.1) is 0 Å². The molecule has 0 aliphatic heterocycles. The number of rotatable bonds is 13. The highest BCUT2D eigenvalue weighted by Gasteiger charge is 2.21. The fraction of sp³-hybridized carbons (Fsp3) is 0.238. The van der Waals surface area contributed by atoms with Crippen LogP contribution in [-0.4, -0.2) is 87.1 Å². The number of benzene rings is 5. The molecule has 0 amide bonds. The highest BCUT2D eigenvalue weighted by molar-refractivity contribution is 6.14. The summed E-state index contributed by atoms with van der Waals surface area (Å²) in [6.07, 6.45) is -1.65. The highest BCUT2D eigenvalue weighted by Crippen LogP contribution is 2.37. The molecule has 0 radical (unpaired) electrons. The maximum Gasteiger partial charge on any atom is 0.419 e. The Morgan fingerprint density at radius 2 is 1.11 bits per heavy atom. The summed E-state index contributed by atoms with van der Waals surface area (Å²) in [5, 5.41) is 13.2. The van der Waals surface area contributed by atoms with E-state index in [4.69, 9.17) is 33.2 Å². The number of carbonyl (C=O) groups is 2. The number of hydrogen-bond acceptors (Lipinski definition) is 10. The molecule has 0 spiro atoms. The lowest BCUT2D eigenvalue weighted by atomic mass is 10.1. The monoisotopic (exact) mass is 747 g/mol. The molecular weight excluding hydrogens is 706 g/mol. The standard InChI is InChI=1S/C42H41N3O10/c1-43(2)23-25-15-30(53-13-14-54-42(48)45-37-11-8-28(50-4)19-32(37)33-20-29(51-5)9-12-38(33)45)18-31(16-25)55-24-26-17-39-35(22-40(26)52-6)34-21-27(49-3)7-10-36(34)44(39)41(46)47/h7-12,15-22H,13-14,23-24H2,1-6H3,(H,46,47). The van der Waals surface area contributed by atoms with Gasteiger partial charge in [0.05, 0.1) is 50.5 Å². The molecule has 0 aliphatic carbocycles. The molecule has 55 heavy (non-hydrogen) atoms. The van der Waals surface area contributed by atoms with Crippen LogP contribution in [0.4, 0.5) is 9.59 Å². The van der Waals surface area contributed by atoms with Gasteiger partial charge in [0.1, 0.15) is 54.3 Å². The highest BCUT2D eigenvalue weighted by atomic mass is 16.6. The van der Waals surface area contributed by atoms with Gasteiger partial charge in [-0.25, -0.2) is 18.7 Å². The minimum absolute atomic E-state index is 0.0128. The van der Waals surface area contributed by atoms with Gasteiger partial charge in [-0.1, -0.05) is 0 Å². The number of fused-ring (bicyclic) bond motifs is 6. The molecule has 2 aromatic heterocycles. The minimum atomic E-state index is -1.11. The van der Waals surface area contributed by atoms with Crippen molar-refractivity contribution in [1.82, 2.24) is 14.0 Å². The van der Waals surface area contributed by atoms with Crippen molar-refractivity contribution in [1.29, 1.82) is 0 Å². The van der Waals surface area contributed by atoms with Gasteiger partial charge in [0, 0.05) is 39.7 Å². The summed E-state index contributed by atoms with van der Waals surface area (Å²) in [6, 6.07) is 25.5. The third kappa shape index (κ3) is 7.21. The van der Waals surface area contributed by atoms with Crippen molar-refractivity contribution in [3.8, 4) is 34.5 Å². The van der Waals surface area contributed by atoms with Crippen LogP contribution in [-0.2, 0) is 17.9 Å². The van der Waals surface area contributed by atoms with Crippen molar-refractivity contribution >= 4 is 55.8 Å². The third-order valence-corrected chi connectivity index (χ3v) is 9.34. The fourth-order valence-electron chi connectivity index (χ4n) is 6.90. The molecule has 0 atom stereocenters. The first-order valence-corrected chi connectivity index (χ1v) is 17.4. The van der Waals surface area contributed by atoms with Crippen molar-refractivity contribution in [2.75, 3.05) is 55.7 Å². The largest absolute Gasteiger partial charge is 0.497 e. The van der Waals surface area contributed by atoms with Crippen molar-refractivity contribution < 1.29 is 47.9 Å². The Kier molecular flexibility index (Phi) is 10.3. The van der Waals surface area contributed by atoms with E-state index in [1.165, 1.54) is 9.13 Å². The second-order valence-corrected chi connectivity index (χ2v) is 13.1. The summed E-state index contributed by atoms with van der Waals surface area (Å²) in [5.41, 5.74) is 3.97. The summed E-state index contributed by atoms with van der Waals surface area (Å²) in [5.74, 6) is 3.56. The van der Waals surface area contributed by atoms with Crippen LogP contribution in [0, 0.1) is 0 Å². The van der Waals surface area contributed by atoms with Crippen molar-refractivity contribution in [3.63, 3.8) is 0 Å². The van der Waals surface area contributed by atoms with Gasteiger partial charge in [0.25, 0.3) is 0 Å². The van der Waals surface area contributed by atoms with E-state index in [0.29, 0.717) is 74.1 Å². The molecule has 5 aromatic carbocycles. The van der Waals surface area contributed by atoms with E-state index in [1.807, 2.05) is 67.5 Å². The molecular formula is C42H41N3O10. The first-order chi connectivity index (χ1) is 26.6. The molecule has 1 N–H and O–H groups in total. The Bertz CT molecular complexity index is 2510. The van der Waals surface area contributed by atoms with Gasteiger partial charge in [-0.3, -0.25) is 0 Å². The van der Waals surface area contributed by atoms with Gasteiger partial charge in [-0.05, 0) is 98.5 Å². The Hall–Kier alpha value is -6.60. The number of hydrogen-bond donors (Lipinski definition) is 1. The molecule has 0 unspecified atom stereocenters. The second kappa shape index (κ2) is 15.4. The van der Waals surface area contributed by atoms with Gasteiger partial charge in [0.2, 0.25) is 0 Å². The summed E-state index contributed by atoms with van der Waals surface area (Å²) in [7, 11) is 10.3. The predicted molar refractivity (Wildman–Crippen MR) is 209 cm³/mol. The number of ether oxygens (including phenoxy) is 7. The molecule has 0 saturated carbocycles. The van der Waals surface area contributed by atoms with E-state index in [-0.39, 0.29) is 19.8 Å². The normalized spacial score (nSPS) is 11.4. The van der Waals surface area contributed by atoms with Crippen LogP contribution in [0.3, 0.4) is 0 Å². The summed E-state index contributed by atoms with van der Waals surface area (Å²) >= 11 is 0. The van der Waals surface area contributed by atoms with E-state index in [1.54, 1.807) is 64.8 Å². The topological polar surface area (TPSA) is 132 Å². The van der Waals surface area contributed by atoms with Crippen molar-refractivity contribution in [3.05, 3.63) is 96.1 Å². The van der Waals surface area contributed by atoms with Crippen LogP contribution < -0.4 is 28.4 Å². The maximum absolute atomic E-state index is 13.5. The lowest BCUT2D eigenvalue weighted by Gasteiger charge is -2.16. The van der Waals surface area contributed by atoms with E-state index in [2.05, 4.69) is 0 Å². The van der Waals surface area contributed by atoms with Crippen LogP contribution in [0.1, 0.15) is 11.1 Å². The van der Waals surface area contributed by atoms with E-state index >= 15 is 0 Å². The van der Waals surface area contributed by atoms with Gasteiger partial charge < -0.3 is 43.2 Å². The SMILES string of the molecule is COc1ccc2c(c1)c1cc(OC)c(COc3cc(CN(C)C)cc(OCCOC(=O)n4c5ccc(OC)cc5c5cc(OC)ccc54)c3)cc1n2C(=O)O. The molecule has 7 rings (SSSR count). The number of aromatic nitrogens is 2. The van der Waals surface area contributed by atoms with Crippen LogP contribution >= 0.6 is 0 Å². The zero-order valence-corrected chi connectivity index (χ0v) is 31.4. The van der Waals surface area contributed by atoms with Gasteiger partial charge in [-0.2, -0.15) is 0 Å². The van der Waals surface area contributed by atoms with E-state index in [9.17, 15) is 14.7 Å². The number of methoxy groups -OCH3 is 4. The van der Waals surface area contributed by atoms with Crippen LogP contribution in [0.15, 0.2) is 84.9 Å². The lowest BCUT2D eigenvalue weighted by molar-refractivity contribution is 0.128. The number of carboxylic acid groups (broad SMARTS) is 1. The molecule has 284 valence electrons. The first-order valence-electron chi connectivity index (χ1n) is 17.4. The zero-order valence-electron chi connectivity index (χ0n) is 31.4. The molecule has 0 fully saturated rings. The van der Waals surface area contributed by atoms with Crippen LogP contribution in [0.25, 0.3) is 43.6 Å². The number of carbonyl (C=O) groups excluding carboxylic acids is 1. The van der Waals surface area contributed by atoms with Crippen LogP contribution in [0.2, 0.25) is 0 Å². The molecule has 0 bridgehead atoms. The Balaban J connectivity index is 1.09. The van der Waals surface area contributed by atoms with E-state index < -0.39 is 12.2 Å². The predicted octanol–water partition coefficient (Wildman–Crippen LogP) is 8.17. The average Bonchev–Trinajstić information content (AvgIpc) is 3.68. The van der Waals surface area contributed by atoms with Crippen LogP contribution in [0.5, 0.6) is 34.5 Å². The Morgan fingerprint density at radius 1 is 0.582 bits per heavy atom. The molecule has 13 nitrogen and oxygen atoms in total. The first kappa shape index (κ1) is 36.7.